The van der Waals surface area contributed by atoms with E-state index in [0.29, 0.717) is 12.1 Å². The molecule has 0 bridgehead atoms. The molecule has 0 aliphatic rings. The van der Waals surface area contributed by atoms with Crippen LogP contribution >= 0.6 is 0 Å². The van der Waals surface area contributed by atoms with Crippen LogP contribution in [0.4, 0.5) is 0 Å². The van der Waals surface area contributed by atoms with E-state index in [1.54, 1.807) is 0 Å². The highest BCUT2D eigenvalue weighted by molar-refractivity contribution is 7.88. The Morgan fingerprint density at radius 1 is 1.25 bits per heavy atom. The lowest BCUT2D eigenvalue weighted by molar-refractivity contribution is 0.179. The third-order valence-corrected chi connectivity index (χ3v) is 3.96. The summed E-state index contributed by atoms with van der Waals surface area (Å²) in [5.41, 5.74) is 1.28. The summed E-state index contributed by atoms with van der Waals surface area (Å²) in [6.45, 7) is -0.0327. The molecule has 0 saturated carbocycles. The van der Waals surface area contributed by atoms with Gasteiger partial charge in [0.25, 0.3) is 0 Å². The number of aliphatic hydroxyl groups excluding tert-OH is 1. The van der Waals surface area contributed by atoms with Gasteiger partial charge in [0, 0.05) is 12.6 Å². The Hall–Kier alpha value is -1.70. The molecule has 7 heteroatoms. The van der Waals surface area contributed by atoms with E-state index in [4.69, 9.17) is 0 Å². The molecule has 1 aromatic heterocycles. The minimum Gasteiger partial charge on any atom is -0.391 e. The summed E-state index contributed by atoms with van der Waals surface area (Å²) in [7, 11) is -3.52. The first-order valence-corrected chi connectivity index (χ1v) is 7.79. The molecule has 0 fully saturated rings. The zero-order valence-electron chi connectivity index (χ0n) is 10.8. The molecule has 1 aromatic carbocycles. The van der Waals surface area contributed by atoms with Crippen molar-refractivity contribution in [3.8, 4) is 0 Å². The molecule has 0 unspecified atom stereocenters. The van der Waals surface area contributed by atoms with Crippen molar-refractivity contribution in [3.05, 3.63) is 53.9 Å². The van der Waals surface area contributed by atoms with Gasteiger partial charge in [0.1, 0.15) is 12.0 Å². The van der Waals surface area contributed by atoms with Crippen LogP contribution in [0.25, 0.3) is 0 Å². The smallest absolute Gasteiger partial charge is 0.217 e. The van der Waals surface area contributed by atoms with Crippen LogP contribution in [0, 0.1) is 0 Å². The molecular formula is C13H16N2O4S. The van der Waals surface area contributed by atoms with E-state index < -0.39 is 16.1 Å². The van der Waals surface area contributed by atoms with Gasteiger partial charge < -0.3 is 9.63 Å². The number of nitrogens with one attached hydrogen (secondary N) is 1. The van der Waals surface area contributed by atoms with E-state index in [9.17, 15) is 13.5 Å². The molecule has 1 atom stereocenters. The molecule has 108 valence electrons. The standard InChI is InChI=1S/C13H16N2O4S/c16-13(8-11-4-2-1-3-5-11)9-14-20(17,18)10-12-6-7-19-15-12/h1-7,13-14,16H,8-10H2/t13-/m0/s1. The van der Waals surface area contributed by atoms with Gasteiger partial charge in [-0.3, -0.25) is 0 Å². The minimum atomic E-state index is -3.52. The van der Waals surface area contributed by atoms with Gasteiger partial charge in [0.05, 0.1) is 11.8 Å². The maximum absolute atomic E-state index is 11.8. The third kappa shape index (κ3) is 4.76. The van der Waals surface area contributed by atoms with Crippen LogP contribution in [-0.4, -0.2) is 31.3 Å². The first-order chi connectivity index (χ1) is 9.55. The summed E-state index contributed by atoms with van der Waals surface area (Å²) in [5.74, 6) is -0.262. The predicted molar refractivity (Wildman–Crippen MR) is 73.3 cm³/mol. The van der Waals surface area contributed by atoms with Gasteiger partial charge in [-0.05, 0) is 12.0 Å². The van der Waals surface area contributed by atoms with E-state index in [-0.39, 0.29) is 12.3 Å². The maximum Gasteiger partial charge on any atom is 0.217 e. The van der Waals surface area contributed by atoms with Crippen molar-refractivity contribution in [2.75, 3.05) is 6.54 Å². The lowest BCUT2D eigenvalue weighted by atomic mass is 10.1. The van der Waals surface area contributed by atoms with E-state index in [1.807, 2.05) is 30.3 Å². The summed E-state index contributed by atoms with van der Waals surface area (Å²) >= 11 is 0. The Balaban J connectivity index is 1.82. The Labute approximate surface area is 117 Å². The highest BCUT2D eigenvalue weighted by Crippen LogP contribution is 2.04. The van der Waals surface area contributed by atoms with Crippen LogP contribution in [0.15, 0.2) is 47.2 Å². The van der Waals surface area contributed by atoms with Crippen LogP contribution in [0.2, 0.25) is 0 Å². The fourth-order valence-electron chi connectivity index (χ4n) is 1.74. The van der Waals surface area contributed by atoms with Gasteiger partial charge in [-0.2, -0.15) is 0 Å². The van der Waals surface area contributed by atoms with Gasteiger partial charge in [0.2, 0.25) is 10.0 Å². The van der Waals surface area contributed by atoms with Gasteiger partial charge >= 0.3 is 0 Å². The lowest BCUT2D eigenvalue weighted by Gasteiger charge is -2.11. The molecule has 0 aliphatic carbocycles. The number of aromatic nitrogens is 1. The molecule has 2 aromatic rings. The van der Waals surface area contributed by atoms with Crippen LogP contribution < -0.4 is 4.72 Å². The van der Waals surface area contributed by atoms with E-state index >= 15 is 0 Å². The van der Waals surface area contributed by atoms with Gasteiger partial charge in [-0.15, -0.1) is 0 Å². The average molecular weight is 296 g/mol. The number of aliphatic hydroxyl groups is 1. The average Bonchev–Trinajstić information content (AvgIpc) is 2.90. The summed E-state index contributed by atoms with van der Waals surface area (Å²) in [6, 6.07) is 10.9. The second-order valence-corrected chi connectivity index (χ2v) is 6.25. The predicted octanol–water partition coefficient (Wildman–Crippen LogP) is 0.698. The quantitative estimate of drug-likeness (QED) is 0.784. The molecule has 1 heterocycles. The van der Waals surface area contributed by atoms with E-state index in [0.717, 1.165) is 5.56 Å². The first kappa shape index (κ1) is 14.7. The number of hydrogen-bond acceptors (Lipinski definition) is 5. The number of benzene rings is 1. The molecule has 2 rings (SSSR count). The molecular weight excluding hydrogens is 280 g/mol. The normalized spacial score (nSPS) is 13.2. The summed E-state index contributed by atoms with van der Waals surface area (Å²) in [6.07, 6.45) is 0.937. The van der Waals surface area contributed by atoms with Crippen molar-refractivity contribution in [2.45, 2.75) is 18.3 Å². The summed E-state index contributed by atoms with van der Waals surface area (Å²) in [4.78, 5) is 0. The molecule has 2 N–H and O–H groups in total. The second kappa shape index (κ2) is 6.65. The monoisotopic (exact) mass is 296 g/mol. The van der Waals surface area contributed by atoms with Gasteiger partial charge in [0.15, 0.2) is 0 Å². The Bertz CT molecular complexity index is 611. The largest absolute Gasteiger partial charge is 0.391 e. The van der Waals surface area contributed by atoms with Gasteiger partial charge in [-0.25, -0.2) is 13.1 Å². The molecule has 20 heavy (non-hydrogen) atoms. The SMILES string of the molecule is O=S(=O)(Cc1ccon1)NC[C@@H](O)Cc1ccccc1. The van der Waals surface area contributed by atoms with Crippen molar-refractivity contribution in [3.63, 3.8) is 0 Å². The number of nitrogens with zero attached hydrogens (tertiary/aromatic N) is 1. The van der Waals surface area contributed by atoms with Crippen LogP contribution in [0.1, 0.15) is 11.3 Å². The topological polar surface area (TPSA) is 92.4 Å². The van der Waals surface area contributed by atoms with Crippen molar-refractivity contribution < 1.29 is 18.0 Å². The molecule has 0 saturated heterocycles. The third-order valence-electron chi connectivity index (χ3n) is 2.68. The Kier molecular flexibility index (Phi) is 4.89. The second-order valence-electron chi connectivity index (χ2n) is 4.44. The highest BCUT2D eigenvalue weighted by Gasteiger charge is 2.15. The maximum atomic E-state index is 11.8. The van der Waals surface area contributed by atoms with Crippen molar-refractivity contribution in [1.29, 1.82) is 0 Å². The van der Waals surface area contributed by atoms with Crippen LogP contribution in [0.5, 0.6) is 0 Å². The highest BCUT2D eigenvalue weighted by atomic mass is 32.2. The fraction of sp³-hybridized carbons (Fsp3) is 0.308. The number of rotatable bonds is 7. The van der Waals surface area contributed by atoms with Crippen molar-refractivity contribution >= 4 is 10.0 Å². The zero-order chi connectivity index (χ0) is 14.4. The fourth-order valence-corrected chi connectivity index (χ4v) is 2.83. The molecule has 0 radical (unpaired) electrons. The van der Waals surface area contributed by atoms with Crippen LogP contribution in [-0.2, 0) is 22.2 Å². The number of sulfonamides is 1. The van der Waals surface area contributed by atoms with Crippen LogP contribution in [0.3, 0.4) is 0 Å². The van der Waals surface area contributed by atoms with E-state index in [2.05, 4.69) is 14.4 Å². The molecule has 0 amide bonds. The van der Waals surface area contributed by atoms with Crippen molar-refractivity contribution in [1.82, 2.24) is 9.88 Å². The van der Waals surface area contributed by atoms with Gasteiger partial charge in [-0.1, -0.05) is 35.5 Å². The zero-order valence-corrected chi connectivity index (χ0v) is 11.6. The minimum absolute atomic E-state index is 0.0327. The van der Waals surface area contributed by atoms with Crippen molar-refractivity contribution in [2.24, 2.45) is 0 Å². The lowest BCUT2D eigenvalue weighted by Crippen LogP contribution is -2.34. The first-order valence-electron chi connectivity index (χ1n) is 6.14. The number of hydrogen-bond donors (Lipinski definition) is 2. The summed E-state index contributed by atoms with van der Waals surface area (Å²) < 4.78 is 30.4. The Morgan fingerprint density at radius 3 is 2.65 bits per heavy atom. The summed E-state index contributed by atoms with van der Waals surface area (Å²) in [5, 5.41) is 13.4. The van der Waals surface area contributed by atoms with E-state index in [1.165, 1.54) is 12.3 Å². The Morgan fingerprint density at radius 2 is 2.00 bits per heavy atom. The molecule has 0 spiro atoms. The molecule has 0 aliphatic heterocycles. The molecule has 6 nitrogen and oxygen atoms in total.